The molecule has 0 aromatic carbocycles. The number of thiocarbonyl (C=S) groups is 1. The number of carbonyl (C=O) groups is 1. The second-order valence-corrected chi connectivity index (χ2v) is 4.61. The largest absolute Gasteiger partial charge is 0.459 e. The van der Waals surface area contributed by atoms with Crippen LogP contribution in [0.4, 0.5) is 0 Å². The Morgan fingerprint density at radius 2 is 2.23 bits per heavy atom. The molecule has 0 aliphatic carbocycles. The summed E-state index contributed by atoms with van der Waals surface area (Å²) in [6.45, 7) is 6.35. The molecule has 13 heavy (non-hydrogen) atoms. The van der Waals surface area contributed by atoms with Gasteiger partial charge in [0.05, 0.1) is 4.99 Å². The highest BCUT2D eigenvalue weighted by Crippen LogP contribution is 2.17. The number of hydrogen-bond acceptors (Lipinski definition) is 3. The maximum Gasteiger partial charge on any atom is 0.316 e. The summed E-state index contributed by atoms with van der Waals surface area (Å²) in [7, 11) is 0. The minimum atomic E-state index is -0.421. The molecular formula is C9H15NO2S. The van der Waals surface area contributed by atoms with Crippen LogP contribution in [0.25, 0.3) is 0 Å². The SMILES string of the molecule is CC(C)(C)OC(=O)C1CCNC1=S. The molecule has 1 unspecified atom stereocenters. The van der Waals surface area contributed by atoms with Gasteiger partial charge in [-0.3, -0.25) is 4.79 Å². The Bertz CT molecular complexity index is 232. The van der Waals surface area contributed by atoms with Gasteiger partial charge in [-0.1, -0.05) is 12.2 Å². The van der Waals surface area contributed by atoms with E-state index in [-0.39, 0.29) is 11.9 Å². The van der Waals surface area contributed by atoms with Crippen LogP contribution < -0.4 is 5.32 Å². The Hall–Kier alpha value is -0.640. The van der Waals surface area contributed by atoms with Gasteiger partial charge >= 0.3 is 5.97 Å². The summed E-state index contributed by atoms with van der Waals surface area (Å²) in [6, 6.07) is 0. The van der Waals surface area contributed by atoms with E-state index in [0.29, 0.717) is 4.99 Å². The highest BCUT2D eigenvalue weighted by Gasteiger charge is 2.31. The first-order valence-corrected chi connectivity index (χ1v) is 4.81. The molecule has 1 aliphatic rings. The lowest BCUT2D eigenvalue weighted by molar-refractivity contribution is -0.157. The molecule has 3 nitrogen and oxygen atoms in total. The van der Waals surface area contributed by atoms with Crippen molar-refractivity contribution >= 4 is 23.2 Å². The van der Waals surface area contributed by atoms with Crippen LogP contribution in [0.2, 0.25) is 0 Å². The van der Waals surface area contributed by atoms with E-state index in [1.807, 2.05) is 20.8 Å². The van der Waals surface area contributed by atoms with Gasteiger partial charge in [-0.15, -0.1) is 0 Å². The van der Waals surface area contributed by atoms with Gasteiger partial charge in [0.2, 0.25) is 0 Å². The molecule has 0 aromatic heterocycles. The lowest BCUT2D eigenvalue weighted by atomic mass is 10.1. The van der Waals surface area contributed by atoms with Crippen molar-refractivity contribution in [3.8, 4) is 0 Å². The minimum Gasteiger partial charge on any atom is -0.459 e. The zero-order valence-electron chi connectivity index (χ0n) is 8.22. The van der Waals surface area contributed by atoms with Gasteiger partial charge in [0.1, 0.15) is 11.5 Å². The molecule has 0 bridgehead atoms. The van der Waals surface area contributed by atoms with Crippen molar-refractivity contribution in [3.63, 3.8) is 0 Å². The Kier molecular flexibility index (Phi) is 2.91. The van der Waals surface area contributed by atoms with E-state index >= 15 is 0 Å². The summed E-state index contributed by atoms with van der Waals surface area (Å²) in [5.74, 6) is -0.434. The third-order valence-electron chi connectivity index (χ3n) is 1.74. The summed E-state index contributed by atoms with van der Waals surface area (Å²) < 4.78 is 5.23. The smallest absolute Gasteiger partial charge is 0.316 e. The average molecular weight is 201 g/mol. The quantitative estimate of drug-likeness (QED) is 0.512. The van der Waals surface area contributed by atoms with E-state index in [1.165, 1.54) is 0 Å². The standard InChI is InChI=1S/C9H15NO2S/c1-9(2,3)12-8(11)6-4-5-10-7(6)13/h6H,4-5H2,1-3H3,(H,10,13). The first-order chi connectivity index (χ1) is 5.90. The molecule has 1 atom stereocenters. The summed E-state index contributed by atoms with van der Waals surface area (Å²) in [5, 5.41) is 2.97. The number of nitrogens with one attached hydrogen (secondary N) is 1. The molecule has 1 N–H and O–H groups in total. The van der Waals surface area contributed by atoms with Crippen molar-refractivity contribution < 1.29 is 9.53 Å². The minimum absolute atomic E-state index is 0.206. The molecule has 4 heteroatoms. The first-order valence-electron chi connectivity index (χ1n) is 4.41. The maximum atomic E-state index is 11.5. The van der Waals surface area contributed by atoms with Gasteiger partial charge in [-0.2, -0.15) is 0 Å². The molecule has 0 spiro atoms. The summed E-state index contributed by atoms with van der Waals surface area (Å²) in [5.41, 5.74) is -0.421. The van der Waals surface area contributed by atoms with E-state index in [1.54, 1.807) is 0 Å². The van der Waals surface area contributed by atoms with E-state index in [9.17, 15) is 4.79 Å². The Labute approximate surface area is 83.8 Å². The van der Waals surface area contributed by atoms with Crippen molar-refractivity contribution in [2.75, 3.05) is 6.54 Å². The lowest BCUT2D eigenvalue weighted by Crippen LogP contribution is -2.31. The fourth-order valence-electron chi connectivity index (χ4n) is 1.19. The van der Waals surface area contributed by atoms with Crippen molar-refractivity contribution in [3.05, 3.63) is 0 Å². The van der Waals surface area contributed by atoms with Gasteiger partial charge in [0.15, 0.2) is 0 Å². The Morgan fingerprint density at radius 3 is 2.62 bits per heavy atom. The number of carbonyl (C=O) groups excluding carboxylic acids is 1. The fraction of sp³-hybridized carbons (Fsp3) is 0.778. The summed E-state index contributed by atoms with van der Waals surface area (Å²) in [4.78, 5) is 12.1. The predicted octanol–water partition coefficient (Wildman–Crippen LogP) is 1.26. The van der Waals surface area contributed by atoms with Gasteiger partial charge < -0.3 is 10.1 Å². The van der Waals surface area contributed by atoms with E-state index in [2.05, 4.69) is 5.32 Å². The first kappa shape index (κ1) is 10.4. The van der Waals surface area contributed by atoms with E-state index in [4.69, 9.17) is 17.0 Å². The lowest BCUT2D eigenvalue weighted by Gasteiger charge is -2.21. The zero-order valence-corrected chi connectivity index (χ0v) is 9.03. The van der Waals surface area contributed by atoms with Crippen LogP contribution in [-0.4, -0.2) is 23.1 Å². The number of esters is 1. The van der Waals surface area contributed by atoms with Crippen LogP contribution in [-0.2, 0) is 9.53 Å². The molecule has 0 radical (unpaired) electrons. The second kappa shape index (κ2) is 3.62. The van der Waals surface area contributed by atoms with E-state index < -0.39 is 5.60 Å². The molecule has 1 heterocycles. The Morgan fingerprint density at radius 1 is 1.62 bits per heavy atom. The Balaban J connectivity index is 2.53. The molecule has 74 valence electrons. The topological polar surface area (TPSA) is 38.3 Å². The van der Waals surface area contributed by atoms with Crippen LogP contribution in [0, 0.1) is 5.92 Å². The maximum absolute atomic E-state index is 11.5. The highest BCUT2D eigenvalue weighted by molar-refractivity contribution is 7.80. The number of hydrogen-bond donors (Lipinski definition) is 1. The van der Waals surface area contributed by atoms with Crippen molar-refractivity contribution in [2.24, 2.45) is 5.92 Å². The van der Waals surface area contributed by atoms with Gasteiger partial charge in [0, 0.05) is 6.54 Å². The molecule has 0 aromatic rings. The molecule has 1 rings (SSSR count). The normalized spacial score (nSPS) is 22.7. The molecular weight excluding hydrogens is 186 g/mol. The third kappa shape index (κ3) is 2.95. The molecule has 0 saturated carbocycles. The molecule has 1 aliphatic heterocycles. The van der Waals surface area contributed by atoms with E-state index in [0.717, 1.165) is 13.0 Å². The van der Waals surface area contributed by atoms with Crippen LogP contribution in [0.1, 0.15) is 27.2 Å². The van der Waals surface area contributed by atoms with Crippen molar-refractivity contribution in [1.29, 1.82) is 0 Å². The predicted molar refractivity (Wildman–Crippen MR) is 54.6 cm³/mol. The number of ether oxygens (including phenoxy) is 1. The van der Waals surface area contributed by atoms with Crippen molar-refractivity contribution in [1.82, 2.24) is 5.32 Å². The van der Waals surface area contributed by atoms with Crippen molar-refractivity contribution in [2.45, 2.75) is 32.8 Å². The monoisotopic (exact) mass is 201 g/mol. The molecule has 1 fully saturated rings. The fourth-order valence-corrected chi connectivity index (χ4v) is 1.51. The van der Waals surface area contributed by atoms with Gasteiger partial charge in [-0.25, -0.2) is 0 Å². The van der Waals surface area contributed by atoms with Crippen LogP contribution in [0.15, 0.2) is 0 Å². The average Bonchev–Trinajstić information content (AvgIpc) is 2.30. The number of rotatable bonds is 1. The molecule has 1 saturated heterocycles. The molecule has 0 amide bonds. The highest BCUT2D eigenvalue weighted by atomic mass is 32.1. The summed E-state index contributed by atoms with van der Waals surface area (Å²) in [6.07, 6.45) is 0.758. The van der Waals surface area contributed by atoms with Crippen LogP contribution in [0.5, 0.6) is 0 Å². The third-order valence-corrected chi connectivity index (χ3v) is 2.17. The van der Waals surface area contributed by atoms with Crippen LogP contribution >= 0.6 is 12.2 Å². The van der Waals surface area contributed by atoms with Gasteiger partial charge in [-0.05, 0) is 27.2 Å². The summed E-state index contributed by atoms with van der Waals surface area (Å²) >= 11 is 4.99. The second-order valence-electron chi connectivity index (χ2n) is 4.17. The van der Waals surface area contributed by atoms with Crippen LogP contribution in [0.3, 0.4) is 0 Å². The van der Waals surface area contributed by atoms with Gasteiger partial charge in [0.25, 0.3) is 0 Å². The zero-order chi connectivity index (χ0) is 10.1.